The van der Waals surface area contributed by atoms with Crippen LogP contribution in [0, 0.1) is 6.92 Å². The van der Waals surface area contributed by atoms with Crippen LogP contribution in [0.4, 0.5) is 0 Å². The smallest absolute Gasteiger partial charge is 0.276 e. The van der Waals surface area contributed by atoms with Crippen LogP contribution in [0.5, 0.6) is 5.75 Å². The molecule has 0 saturated carbocycles. The minimum atomic E-state index is 0. The standard InChI is InChI=1S/C20H27N5O2.ClH/c1-14-19(22-23-25(14)17-7-10-21-11-8-17)20(26)24-12-9-16(13-24)15-3-5-18(27-2)6-4-15;/h3-6,16-17,21H,7-13H2,1-2H3;1H. The third kappa shape index (κ3) is 4.00. The van der Waals surface area contributed by atoms with Crippen molar-refractivity contribution in [3.63, 3.8) is 0 Å². The van der Waals surface area contributed by atoms with Crippen molar-refractivity contribution < 1.29 is 9.53 Å². The van der Waals surface area contributed by atoms with Crippen LogP contribution in [0.25, 0.3) is 0 Å². The first-order valence-corrected chi connectivity index (χ1v) is 9.73. The number of carbonyl (C=O) groups excluding carboxylic acids is 1. The van der Waals surface area contributed by atoms with Gasteiger partial charge in [0.2, 0.25) is 0 Å². The molecule has 1 amide bonds. The number of hydrogen-bond acceptors (Lipinski definition) is 5. The lowest BCUT2D eigenvalue weighted by Crippen LogP contribution is -2.31. The van der Waals surface area contributed by atoms with E-state index in [2.05, 4.69) is 27.8 Å². The maximum Gasteiger partial charge on any atom is 0.276 e. The lowest BCUT2D eigenvalue weighted by atomic mass is 9.98. The first-order valence-electron chi connectivity index (χ1n) is 9.73. The molecule has 8 heteroatoms. The number of likely N-dealkylation sites (tertiary alicyclic amines) is 1. The molecule has 2 fully saturated rings. The molecule has 1 atom stereocenters. The van der Waals surface area contributed by atoms with Gasteiger partial charge >= 0.3 is 0 Å². The van der Waals surface area contributed by atoms with Crippen LogP contribution in [0.1, 0.15) is 53.0 Å². The summed E-state index contributed by atoms with van der Waals surface area (Å²) in [5.74, 6) is 1.22. The highest BCUT2D eigenvalue weighted by Gasteiger charge is 2.31. The summed E-state index contributed by atoms with van der Waals surface area (Å²) in [6.07, 6.45) is 3.03. The second-order valence-electron chi connectivity index (χ2n) is 7.46. The number of piperidine rings is 1. The van der Waals surface area contributed by atoms with E-state index in [1.807, 2.05) is 28.6 Å². The average molecular weight is 406 g/mol. The van der Waals surface area contributed by atoms with Gasteiger partial charge in [0.05, 0.1) is 18.8 Å². The van der Waals surface area contributed by atoms with Crippen LogP contribution in [0.2, 0.25) is 0 Å². The van der Waals surface area contributed by atoms with Gasteiger partial charge in [-0.2, -0.15) is 0 Å². The van der Waals surface area contributed by atoms with Gasteiger partial charge < -0.3 is 15.0 Å². The topological polar surface area (TPSA) is 72.3 Å². The molecule has 0 aliphatic carbocycles. The molecule has 1 aromatic heterocycles. The largest absolute Gasteiger partial charge is 0.497 e. The van der Waals surface area contributed by atoms with Gasteiger partial charge in [-0.05, 0) is 57.0 Å². The van der Waals surface area contributed by atoms with Crippen molar-refractivity contribution in [3.8, 4) is 5.75 Å². The van der Waals surface area contributed by atoms with Crippen LogP contribution >= 0.6 is 12.4 Å². The molecule has 2 aliphatic rings. The Kier molecular flexibility index (Phi) is 6.57. The van der Waals surface area contributed by atoms with Gasteiger partial charge in [-0.15, -0.1) is 17.5 Å². The molecule has 2 aliphatic heterocycles. The van der Waals surface area contributed by atoms with E-state index in [1.54, 1.807) is 7.11 Å². The molecule has 2 aromatic rings. The minimum Gasteiger partial charge on any atom is -0.497 e. The van der Waals surface area contributed by atoms with E-state index >= 15 is 0 Å². The highest BCUT2D eigenvalue weighted by Crippen LogP contribution is 2.30. The van der Waals surface area contributed by atoms with Crippen molar-refractivity contribution in [3.05, 3.63) is 41.2 Å². The number of amides is 1. The van der Waals surface area contributed by atoms with Gasteiger partial charge in [0.25, 0.3) is 5.91 Å². The summed E-state index contributed by atoms with van der Waals surface area (Å²) in [7, 11) is 1.67. The highest BCUT2D eigenvalue weighted by molar-refractivity contribution is 5.93. The van der Waals surface area contributed by atoms with Crippen molar-refractivity contribution in [2.24, 2.45) is 0 Å². The molecule has 0 bridgehead atoms. The fourth-order valence-electron chi connectivity index (χ4n) is 4.18. The molecule has 2 saturated heterocycles. The molecule has 152 valence electrons. The molecule has 0 radical (unpaired) electrons. The number of rotatable bonds is 4. The fraction of sp³-hybridized carbons (Fsp3) is 0.550. The second-order valence-corrected chi connectivity index (χ2v) is 7.46. The summed E-state index contributed by atoms with van der Waals surface area (Å²) < 4.78 is 7.18. The summed E-state index contributed by atoms with van der Waals surface area (Å²) in [6, 6.07) is 8.49. The Hall–Kier alpha value is -2.12. The minimum absolute atomic E-state index is 0. The van der Waals surface area contributed by atoms with Crippen LogP contribution < -0.4 is 10.1 Å². The Balaban J connectivity index is 0.00000225. The zero-order valence-electron chi connectivity index (χ0n) is 16.4. The van der Waals surface area contributed by atoms with E-state index in [9.17, 15) is 4.79 Å². The third-order valence-corrected chi connectivity index (χ3v) is 5.85. The van der Waals surface area contributed by atoms with Gasteiger partial charge in [0.1, 0.15) is 5.75 Å². The molecule has 7 nitrogen and oxygen atoms in total. The summed E-state index contributed by atoms with van der Waals surface area (Å²) in [5, 5.41) is 11.9. The Morgan fingerprint density at radius 3 is 2.57 bits per heavy atom. The number of carbonyl (C=O) groups is 1. The number of methoxy groups -OCH3 is 1. The zero-order valence-corrected chi connectivity index (χ0v) is 17.2. The summed E-state index contributed by atoms with van der Waals surface area (Å²) >= 11 is 0. The predicted molar refractivity (Wildman–Crippen MR) is 109 cm³/mol. The van der Waals surface area contributed by atoms with Crippen molar-refractivity contribution in [2.45, 2.75) is 38.1 Å². The average Bonchev–Trinajstić information content (AvgIpc) is 3.35. The molecule has 1 aromatic carbocycles. The van der Waals surface area contributed by atoms with Crippen molar-refractivity contribution in [1.82, 2.24) is 25.2 Å². The van der Waals surface area contributed by atoms with Crippen molar-refractivity contribution in [1.29, 1.82) is 0 Å². The van der Waals surface area contributed by atoms with E-state index in [4.69, 9.17) is 4.74 Å². The first kappa shape index (κ1) is 20.6. The second kappa shape index (κ2) is 8.92. The maximum atomic E-state index is 13.0. The van der Waals surface area contributed by atoms with E-state index in [1.165, 1.54) is 5.56 Å². The Morgan fingerprint density at radius 2 is 1.89 bits per heavy atom. The molecule has 28 heavy (non-hydrogen) atoms. The number of nitrogens with zero attached hydrogens (tertiary/aromatic N) is 4. The molecule has 4 rings (SSSR count). The van der Waals surface area contributed by atoms with Gasteiger partial charge in [0, 0.05) is 19.0 Å². The highest BCUT2D eigenvalue weighted by atomic mass is 35.5. The van der Waals surface area contributed by atoms with E-state index in [0.29, 0.717) is 17.7 Å². The lowest BCUT2D eigenvalue weighted by molar-refractivity contribution is 0.0784. The molecule has 3 heterocycles. The SMILES string of the molecule is COc1ccc(C2CCN(C(=O)c3nnn(C4CCNCC4)c3C)C2)cc1.Cl. The number of hydrogen-bond donors (Lipinski definition) is 1. The van der Waals surface area contributed by atoms with E-state index in [-0.39, 0.29) is 18.3 Å². The molecule has 1 unspecified atom stereocenters. The lowest BCUT2D eigenvalue weighted by Gasteiger charge is -2.23. The van der Waals surface area contributed by atoms with Crippen LogP contribution in [0.3, 0.4) is 0 Å². The van der Waals surface area contributed by atoms with Gasteiger partial charge in [-0.25, -0.2) is 4.68 Å². The summed E-state index contributed by atoms with van der Waals surface area (Å²) in [4.78, 5) is 14.9. The number of benzene rings is 1. The molecule has 0 spiro atoms. The van der Waals surface area contributed by atoms with Crippen molar-refractivity contribution in [2.75, 3.05) is 33.3 Å². The number of halogens is 1. The third-order valence-electron chi connectivity index (χ3n) is 5.85. The van der Waals surface area contributed by atoms with Gasteiger partial charge in [0.15, 0.2) is 5.69 Å². The quantitative estimate of drug-likeness (QED) is 0.846. The molecular formula is C20H28ClN5O2. The zero-order chi connectivity index (χ0) is 18.8. The number of ether oxygens (including phenoxy) is 1. The number of aromatic nitrogens is 3. The van der Waals surface area contributed by atoms with E-state index < -0.39 is 0 Å². The Morgan fingerprint density at radius 1 is 1.18 bits per heavy atom. The van der Waals surface area contributed by atoms with E-state index in [0.717, 1.165) is 56.9 Å². The summed E-state index contributed by atoms with van der Waals surface area (Å²) in [6.45, 7) is 5.43. The Labute approximate surface area is 171 Å². The fourth-order valence-corrected chi connectivity index (χ4v) is 4.18. The first-order chi connectivity index (χ1) is 13.2. The Bertz CT molecular complexity index is 801. The molecular weight excluding hydrogens is 378 g/mol. The van der Waals surface area contributed by atoms with Gasteiger partial charge in [-0.3, -0.25) is 4.79 Å². The van der Waals surface area contributed by atoms with Crippen LogP contribution in [-0.2, 0) is 0 Å². The normalized spacial score (nSPS) is 20.1. The summed E-state index contributed by atoms with van der Waals surface area (Å²) in [5.41, 5.74) is 2.64. The van der Waals surface area contributed by atoms with Gasteiger partial charge in [-0.1, -0.05) is 17.3 Å². The van der Waals surface area contributed by atoms with Crippen molar-refractivity contribution >= 4 is 18.3 Å². The predicted octanol–water partition coefficient (Wildman–Crippen LogP) is 2.57. The molecule has 1 N–H and O–H groups in total. The van der Waals surface area contributed by atoms with Crippen LogP contribution in [-0.4, -0.2) is 59.1 Å². The maximum absolute atomic E-state index is 13.0. The monoisotopic (exact) mass is 405 g/mol. The van der Waals surface area contributed by atoms with Crippen LogP contribution in [0.15, 0.2) is 24.3 Å². The number of nitrogens with one attached hydrogen (secondary N) is 1.